The molecular weight excluding hydrogens is 378 g/mol. The number of ether oxygens (including phenoxy) is 2. The van der Waals surface area contributed by atoms with E-state index in [0.29, 0.717) is 41.5 Å². The van der Waals surface area contributed by atoms with Crippen LogP contribution in [0.2, 0.25) is 0 Å². The number of nitrogens with zero attached hydrogens (tertiary/aromatic N) is 2. The number of aromatic nitrogens is 2. The Bertz CT molecular complexity index is 1230. The monoisotopic (exact) mass is 401 g/mol. The molecule has 1 N–H and O–H groups in total. The second kappa shape index (κ2) is 8.69. The molecule has 1 aromatic heterocycles. The quantitative estimate of drug-likeness (QED) is 0.470. The van der Waals surface area contributed by atoms with Crippen molar-refractivity contribution in [1.82, 2.24) is 9.55 Å². The second-order valence-corrected chi connectivity index (χ2v) is 6.81. The first kappa shape index (κ1) is 19.5. The molecule has 0 bridgehead atoms. The zero-order chi connectivity index (χ0) is 20.9. The fraction of sp³-hybridized carbons (Fsp3) is 0.167. The van der Waals surface area contributed by atoms with Crippen LogP contribution in [-0.4, -0.2) is 29.8 Å². The van der Waals surface area contributed by atoms with Crippen molar-refractivity contribution in [3.8, 4) is 17.2 Å². The standard InChI is InChI=1S/C24H23N3O3/c1-17-9-3-6-12-20(17)27-23(28)18-10-4-5-11-19(18)26-24(27)25-15-16-30-22-14-8-7-13-21(22)29-2/h3-14H,15-16H2,1-2H3,(H,25,26). The average molecular weight is 401 g/mol. The van der Waals surface area contributed by atoms with E-state index in [2.05, 4.69) is 5.32 Å². The lowest BCUT2D eigenvalue weighted by atomic mass is 10.2. The predicted molar refractivity (Wildman–Crippen MR) is 119 cm³/mol. The van der Waals surface area contributed by atoms with Gasteiger partial charge in [-0.3, -0.25) is 4.79 Å². The molecule has 0 amide bonds. The van der Waals surface area contributed by atoms with Crippen molar-refractivity contribution in [3.05, 3.63) is 88.7 Å². The van der Waals surface area contributed by atoms with Crippen LogP contribution in [-0.2, 0) is 0 Å². The number of anilines is 1. The number of hydrogen-bond donors (Lipinski definition) is 1. The minimum absolute atomic E-state index is 0.108. The zero-order valence-corrected chi connectivity index (χ0v) is 17.0. The lowest BCUT2D eigenvalue weighted by Gasteiger charge is -2.17. The normalized spacial score (nSPS) is 10.7. The van der Waals surface area contributed by atoms with Crippen LogP contribution in [0, 0.1) is 6.92 Å². The molecule has 0 aliphatic heterocycles. The summed E-state index contributed by atoms with van der Waals surface area (Å²) in [5.74, 6) is 1.83. The molecule has 4 aromatic rings. The highest BCUT2D eigenvalue weighted by Crippen LogP contribution is 2.25. The maximum absolute atomic E-state index is 13.3. The molecule has 0 fully saturated rings. The Morgan fingerprint density at radius 3 is 2.43 bits per heavy atom. The molecule has 1 heterocycles. The topological polar surface area (TPSA) is 65.4 Å². The Labute approximate surface area is 174 Å². The molecule has 152 valence electrons. The molecule has 0 radical (unpaired) electrons. The van der Waals surface area contributed by atoms with E-state index in [4.69, 9.17) is 14.5 Å². The molecule has 30 heavy (non-hydrogen) atoms. The van der Waals surface area contributed by atoms with E-state index in [1.165, 1.54) is 0 Å². The molecule has 0 aliphatic carbocycles. The third kappa shape index (κ3) is 3.85. The minimum Gasteiger partial charge on any atom is -0.493 e. The Hall–Kier alpha value is -3.80. The number of para-hydroxylation sites is 4. The molecule has 0 atom stereocenters. The largest absolute Gasteiger partial charge is 0.493 e. The minimum atomic E-state index is -0.108. The van der Waals surface area contributed by atoms with E-state index >= 15 is 0 Å². The van der Waals surface area contributed by atoms with Gasteiger partial charge in [0.05, 0.1) is 30.2 Å². The fourth-order valence-corrected chi connectivity index (χ4v) is 3.35. The number of benzene rings is 3. The van der Waals surface area contributed by atoms with E-state index in [1.54, 1.807) is 17.7 Å². The molecule has 0 saturated carbocycles. The molecule has 6 heteroatoms. The molecule has 0 spiro atoms. The van der Waals surface area contributed by atoms with Crippen molar-refractivity contribution in [1.29, 1.82) is 0 Å². The van der Waals surface area contributed by atoms with Crippen LogP contribution in [0.25, 0.3) is 16.6 Å². The summed E-state index contributed by atoms with van der Waals surface area (Å²) in [6.07, 6.45) is 0. The maximum atomic E-state index is 13.3. The average Bonchev–Trinajstić information content (AvgIpc) is 2.78. The Morgan fingerprint density at radius 2 is 1.63 bits per heavy atom. The van der Waals surface area contributed by atoms with Gasteiger partial charge in [-0.2, -0.15) is 0 Å². The van der Waals surface area contributed by atoms with Crippen LogP contribution in [0.1, 0.15) is 5.56 Å². The predicted octanol–water partition coefficient (Wildman–Crippen LogP) is 4.19. The molecule has 0 aliphatic rings. The van der Waals surface area contributed by atoms with Crippen molar-refractivity contribution < 1.29 is 9.47 Å². The van der Waals surface area contributed by atoms with Gasteiger partial charge in [-0.25, -0.2) is 9.55 Å². The summed E-state index contributed by atoms with van der Waals surface area (Å²) in [6.45, 7) is 2.83. The smallest absolute Gasteiger partial charge is 0.267 e. The first-order valence-corrected chi connectivity index (χ1v) is 9.76. The lowest BCUT2D eigenvalue weighted by Crippen LogP contribution is -2.26. The van der Waals surface area contributed by atoms with E-state index in [1.807, 2.05) is 73.7 Å². The van der Waals surface area contributed by atoms with Crippen LogP contribution < -0.4 is 20.3 Å². The summed E-state index contributed by atoms with van der Waals surface area (Å²) >= 11 is 0. The number of aryl methyl sites for hydroxylation is 1. The number of fused-ring (bicyclic) bond motifs is 1. The summed E-state index contributed by atoms with van der Waals surface area (Å²) in [7, 11) is 1.61. The van der Waals surface area contributed by atoms with Crippen LogP contribution in [0.15, 0.2) is 77.6 Å². The van der Waals surface area contributed by atoms with E-state index in [0.717, 1.165) is 11.3 Å². The highest BCUT2D eigenvalue weighted by atomic mass is 16.5. The summed E-state index contributed by atoms with van der Waals surface area (Å²) in [6, 6.07) is 22.6. The van der Waals surface area contributed by atoms with Gasteiger partial charge in [0.1, 0.15) is 6.61 Å². The Balaban J connectivity index is 1.64. The van der Waals surface area contributed by atoms with Crippen LogP contribution in [0.5, 0.6) is 11.5 Å². The van der Waals surface area contributed by atoms with Gasteiger partial charge in [-0.05, 0) is 42.8 Å². The number of hydrogen-bond acceptors (Lipinski definition) is 5. The fourth-order valence-electron chi connectivity index (χ4n) is 3.35. The Morgan fingerprint density at radius 1 is 0.933 bits per heavy atom. The van der Waals surface area contributed by atoms with Crippen molar-refractivity contribution in [2.45, 2.75) is 6.92 Å². The van der Waals surface area contributed by atoms with Crippen molar-refractivity contribution in [3.63, 3.8) is 0 Å². The first-order valence-electron chi connectivity index (χ1n) is 9.76. The highest BCUT2D eigenvalue weighted by molar-refractivity contribution is 5.79. The van der Waals surface area contributed by atoms with Gasteiger partial charge in [0.15, 0.2) is 11.5 Å². The van der Waals surface area contributed by atoms with Gasteiger partial charge in [-0.15, -0.1) is 0 Å². The highest BCUT2D eigenvalue weighted by Gasteiger charge is 2.14. The molecule has 6 nitrogen and oxygen atoms in total. The van der Waals surface area contributed by atoms with Crippen LogP contribution in [0.3, 0.4) is 0 Å². The summed E-state index contributed by atoms with van der Waals surface area (Å²) in [5.41, 5.74) is 2.34. The molecular formula is C24H23N3O3. The third-order valence-electron chi connectivity index (χ3n) is 4.84. The van der Waals surface area contributed by atoms with Gasteiger partial charge < -0.3 is 14.8 Å². The number of methoxy groups -OCH3 is 1. The molecule has 4 rings (SSSR count). The summed E-state index contributed by atoms with van der Waals surface area (Å²) < 4.78 is 12.8. The van der Waals surface area contributed by atoms with E-state index in [9.17, 15) is 4.79 Å². The SMILES string of the molecule is COc1ccccc1OCCNc1nc2ccccc2c(=O)n1-c1ccccc1C. The van der Waals surface area contributed by atoms with Gasteiger partial charge in [-0.1, -0.05) is 42.5 Å². The van der Waals surface area contributed by atoms with Crippen molar-refractivity contribution in [2.75, 3.05) is 25.6 Å². The van der Waals surface area contributed by atoms with E-state index in [-0.39, 0.29) is 5.56 Å². The van der Waals surface area contributed by atoms with Gasteiger partial charge in [0.25, 0.3) is 5.56 Å². The van der Waals surface area contributed by atoms with Gasteiger partial charge in [0, 0.05) is 0 Å². The third-order valence-corrected chi connectivity index (χ3v) is 4.84. The van der Waals surface area contributed by atoms with E-state index < -0.39 is 0 Å². The zero-order valence-electron chi connectivity index (χ0n) is 17.0. The number of nitrogens with one attached hydrogen (secondary N) is 1. The molecule has 3 aromatic carbocycles. The second-order valence-electron chi connectivity index (χ2n) is 6.81. The Kier molecular flexibility index (Phi) is 5.66. The van der Waals surface area contributed by atoms with Crippen molar-refractivity contribution in [2.24, 2.45) is 0 Å². The van der Waals surface area contributed by atoms with Crippen molar-refractivity contribution >= 4 is 16.9 Å². The molecule has 0 saturated heterocycles. The summed E-state index contributed by atoms with van der Waals surface area (Å²) in [5, 5.41) is 3.85. The van der Waals surface area contributed by atoms with Crippen LogP contribution in [0.4, 0.5) is 5.95 Å². The van der Waals surface area contributed by atoms with Gasteiger partial charge in [0.2, 0.25) is 5.95 Å². The lowest BCUT2D eigenvalue weighted by molar-refractivity contribution is 0.305. The molecule has 0 unspecified atom stereocenters. The van der Waals surface area contributed by atoms with Crippen LogP contribution >= 0.6 is 0 Å². The number of rotatable bonds is 7. The maximum Gasteiger partial charge on any atom is 0.267 e. The van der Waals surface area contributed by atoms with Gasteiger partial charge >= 0.3 is 0 Å². The summed E-state index contributed by atoms with van der Waals surface area (Å²) in [4.78, 5) is 18.0. The first-order chi connectivity index (χ1) is 14.7.